The molecule has 0 N–H and O–H groups in total. The van der Waals surface area contributed by atoms with Crippen LogP contribution in [0.1, 0.15) is 43.2 Å². The molecule has 0 aliphatic carbocycles. The monoisotopic (exact) mass is 520 g/mol. The predicted octanol–water partition coefficient (Wildman–Crippen LogP) is 5.77. The zero-order valence-electron chi connectivity index (χ0n) is 22.7. The summed E-state index contributed by atoms with van der Waals surface area (Å²) in [5.41, 5.74) is 5.43. The van der Waals surface area contributed by atoms with Gasteiger partial charge in [0.05, 0.1) is 25.0 Å². The Morgan fingerprint density at radius 3 is 2.37 bits per heavy atom. The van der Waals surface area contributed by atoms with Gasteiger partial charge in [-0.15, -0.1) is 0 Å². The molecule has 1 amide bonds. The Kier molecular flexibility index (Phi) is 8.76. The topological polar surface area (TPSA) is 104 Å². The Labute approximate surface area is 222 Å². The van der Waals surface area contributed by atoms with Crippen molar-refractivity contribution in [1.29, 1.82) is 0 Å². The average molecular weight is 521 g/mol. The molecule has 9 heteroatoms. The first kappa shape index (κ1) is 28.2. The Bertz CT molecular complexity index is 1360. The number of fused-ring (bicyclic) bond motifs is 1. The number of nitrogens with zero attached hydrogens (tertiary/aromatic N) is 2. The van der Waals surface area contributed by atoms with Crippen molar-refractivity contribution in [3.8, 4) is 28.4 Å². The van der Waals surface area contributed by atoms with Crippen molar-refractivity contribution in [2.75, 3.05) is 18.8 Å². The van der Waals surface area contributed by atoms with Crippen molar-refractivity contribution in [1.82, 2.24) is 4.98 Å². The molecule has 0 fully saturated rings. The SMILES string of the molecule is COc1c(C)cnc(CN(C(=O)OC(C)(C)C)c2cc3c(c(-c4ccccc4C)c2)OCO3)c1C.O=C=O. The van der Waals surface area contributed by atoms with Crippen LogP contribution < -0.4 is 19.1 Å². The van der Waals surface area contributed by atoms with E-state index in [4.69, 9.17) is 28.5 Å². The zero-order valence-corrected chi connectivity index (χ0v) is 22.7. The van der Waals surface area contributed by atoms with E-state index in [-0.39, 0.29) is 19.5 Å². The molecule has 9 nitrogen and oxygen atoms in total. The molecule has 2 heterocycles. The number of aromatic nitrogens is 1. The minimum absolute atomic E-state index is 0.125. The number of anilines is 1. The van der Waals surface area contributed by atoms with Crippen molar-refractivity contribution in [3.63, 3.8) is 0 Å². The molecule has 4 rings (SSSR count). The summed E-state index contributed by atoms with van der Waals surface area (Å²) in [5, 5.41) is 0. The Morgan fingerprint density at radius 1 is 1.05 bits per heavy atom. The number of carbonyl (C=O) groups excluding carboxylic acids is 3. The van der Waals surface area contributed by atoms with Gasteiger partial charge in [-0.1, -0.05) is 24.3 Å². The molecular weight excluding hydrogens is 488 g/mol. The minimum Gasteiger partial charge on any atom is -0.496 e. The molecule has 0 spiro atoms. The molecule has 200 valence electrons. The van der Waals surface area contributed by atoms with Gasteiger partial charge in [0.25, 0.3) is 0 Å². The largest absolute Gasteiger partial charge is 0.496 e. The lowest BCUT2D eigenvalue weighted by atomic mass is 9.98. The molecule has 3 aromatic rings. The molecule has 1 aliphatic rings. The van der Waals surface area contributed by atoms with Crippen LogP contribution >= 0.6 is 0 Å². The van der Waals surface area contributed by atoms with E-state index in [1.165, 1.54) is 0 Å². The molecule has 2 aromatic carbocycles. The van der Waals surface area contributed by atoms with Crippen LogP contribution in [0.2, 0.25) is 0 Å². The summed E-state index contributed by atoms with van der Waals surface area (Å²) in [6, 6.07) is 11.8. The van der Waals surface area contributed by atoms with Gasteiger partial charge < -0.3 is 18.9 Å². The maximum Gasteiger partial charge on any atom is 0.415 e. The fourth-order valence-corrected chi connectivity index (χ4v) is 4.19. The van der Waals surface area contributed by atoms with Gasteiger partial charge in [-0.25, -0.2) is 4.79 Å². The van der Waals surface area contributed by atoms with Crippen molar-refractivity contribution < 1.29 is 33.3 Å². The number of rotatable bonds is 5. The van der Waals surface area contributed by atoms with E-state index in [1.54, 1.807) is 18.2 Å². The molecular formula is C29H32N2O7. The van der Waals surface area contributed by atoms with E-state index in [2.05, 4.69) is 4.98 Å². The summed E-state index contributed by atoms with van der Waals surface area (Å²) >= 11 is 0. The van der Waals surface area contributed by atoms with Crippen LogP contribution in [0.4, 0.5) is 10.5 Å². The first-order valence-electron chi connectivity index (χ1n) is 12.0. The molecule has 0 unspecified atom stereocenters. The third-order valence-electron chi connectivity index (χ3n) is 5.88. The fraction of sp³-hybridized carbons (Fsp3) is 0.345. The second-order valence-corrected chi connectivity index (χ2v) is 9.74. The van der Waals surface area contributed by atoms with Crippen LogP contribution in [0.25, 0.3) is 11.1 Å². The standard InChI is InChI=1S/C28H32N2O5.CO2/c1-17-10-8-9-11-21(17)22-12-20(13-24-26(22)34-16-33-24)30(27(31)35-28(4,5)6)15-23-19(3)25(32-7)18(2)14-29-23;2-1-3/h8-14H,15-16H2,1-7H3;. The normalized spacial score (nSPS) is 11.7. The lowest BCUT2D eigenvalue weighted by molar-refractivity contribution is -0.191. The van der Waals surface area contributed by atoms with Crippen LogP contribution in [0, 0.1) is 20.8 Å². The van der Waals surface area contributed by atoms with Crippen LogP contribution in [0.15, 0.2) is 42.6 Å². The van der Waals surface area contributed by atoms with E-state index in [0.717, 1.165) is 33.6 Å². The first-order chi connectivity index (χ1) is 18.0. The van der Waals surface area contributed by atoms with Gasteiger partial charge in [-0.05, 0) is 58.7 Å². The number of aryl methyl sites for hydroxylation is 2. The van der Waals surface area contributed by atoms with Gasteiger partial charge in [0.1, 0.15) is 11.4 Å². The maximum atomic E-state index is 13.5. The van der Waals surface area contributed by atoms with E-state index >= 15 is 0 Å². The van der Waals surface area contributed by atoms with Crippen molar-refractivity contribution in [2.24, 2.45) is 0 Å². The molecule has 1 aromatic heterocycles. The molecule has 1 aliphatic heterocycles. The summed E-state index contributed by atoms with van der Waals surface area (Å²) in [6.07, 6.45) is 1.53. The number of hydrogen-bond acceptors (Lipinski definition) is 8. The quantitative estimate of drug-likeness (QED) is 0.418. The van der Waals surface area contributed by atoms with E-state index in [1.807, 2.05) is 77.9 Å². The van der Waals surface area contributed by atoms with Gasteiger partial charge in [-0.2, -0.15) is 9.59 Å². The molecule has 0 atom stereocenters. The van der Waals surface area contributed by atoms with E-state index in [9.17, 15) is 4.79 Å². The Hall–Kier alpha value is -4.36. The first-order valence-corrected chi connectivity index (χ1v) is 12.0. The lowest BCUT2D eigenvalue weighted by Gasteiger charge is -2.28. The van der Waals surface area contributed by atoms with Crippen molar-refractivity contribution in [2.45, 2.75) is 53.7 Å². The van der Waals surface area contributed by atoms with Crippen LogP contribution in [0.3, 0.4) is 0 Å². The minimum atomic E-state index is -0.669. The fourth-order valence-electron chi connectivity index (χ4n) is 4.19. The van der Waals surface area contributed by atoms with Gasteiger partial charge in [0.15, 0.2) is 11.5 Å². The summed E-state index contributed by atoms with van der Waals surface area (Å²) in [6.45, 7) is 11.8. The zero-order chi connectivity index (χ0) is 28.0. The number of benzene rings is 2. The predicted molar refractivity (Wildman–Crippen MR) is 140 cm³/mol. The van der Waals surface area contributed by atoms with Crippen LogP contribution in [-0.4, -0.2) is 36.7 Å². The second kappa shape index (κ2) is 11.8. The number of methoxy groups -OCH3 is 1. The highest BCUT2D eigenvalue weighted by Crippen LogP contribution is 2.46. The highest BCUT2D eigenvalue weighted by Gasteiger charge is 2.29. The Balaban J connectivity index is 0.00000127. The number of carbonyl (C=O) groups is 1. The van der Waals surface area contributed by atoms with Gasteiger partial charge >= 0.3 is 12.2 Å². The molecule has 0 saturated heterocycles. The molecule has 38 heavy (non-hydrogen) atoms. The second-order valence-electron chi connectivity index (χ2n) is 9.74. The highest BCUT2D eigenvalue weighted by atomic mass is 16.7. The van der Waals surface area contributed by atoms with Crippen molar-refractivity contribution >= 4 is 17.9 Å². The van der Waals surface area contributed by atoms with Gasteiger partial charge in [0.2, 0.25) is 6.79 Å². The molecule has 0 radical (unpaired) electrons. The molecule has 0 saturated carbocycles. The number of amides is 1. The lowest BCUT2D eigenvalue weighted by Crippen LogP contribution is -2.37. The van der Waals surface area contributed by atoms with Crippen molar-refractivity contribution in [3.05, 3.63) is 65.0 Å². The third-order valence-corrected chi connectivity index (χ3v) is 5.88. The van der Waals surface area contributed by atoms with Crippen LogP contribution in [0.5, 0.6) is 17.2 Å². The van der Waals surface area contributed by atoms with E-state index < -0.39 is 11.7 Å². The van der Waals surface area contributed by atoms with E-state index in [0.29, 0.717) is 22.9 Å². The smallest absolute Gasteiger partial charge is 0.415 e. The highest BCUT2D eigenvalue weighted by molar-refractivity contribution is 5.91. The van der Waals surface area contributed by atoms with Crippen LogP contribution in [-0.2, 0) is 20.9 Å². The number of ether oxygens (including phenoxy) is 4. The maximum absolute atomic E-state index is 13.5. The average Bonchev–Trinajstić information content (AvgIpc) is 3.32. The molecule has 0 bridgehead atoms. The Morgan fingerprint density at radius 2 is 1.74 bits per heavy atom. The summed E-state index contributed by atoms with van der Waals surface area (Å²) < 4.78 is 22.9. The number of pyridine rings is 1. The third kappa shape index (κ3) is 6.30. The van der Waals surface area contributed by atoms with Gasteiger partial charge in [0, 0.05) is 29.0 Å². The summed E-state index contributed by atoms with van der Waals surface area (Å²) in [5.74, 6) is 2.00. The number of hydrogen-bond donors (Lipinski definition) is 0. The van der Waals surface area contributed by atoms with Gasteiger partial charge in [-0.3, -0.25) is 9.88 Å². The summed E-state index contributed by atoms with van der Waals surface area (Å²) in [4.78, 5) is 35.9. The summed E-state index contributed by atoms with van der Waals surface area (Å²) in [7, 11) is 1.64.